The van der Waals surface area contributed by atoms with E-state index in [1.165, 1.54) is 6.07 Å². The van der Waals surface area contributed by atoms with Crippen LogP contribution in [0, 0.1) is 10.1 Å². The van der Waals surface area contributed by atoms with Gasteiger partial charge in [-0.1, -0.05) is 18.2 Å². The van der Waals surface area contributed by atoms with E-state index >= 15 is 0 Å². The number of nitrogens with zero attached hydrogens (tertiary/aromatic N) is 1. The summed E-state index contributed by atoms with van der Waals surface area (Å²) in [6.07, 6.45) is 0.393. The smallest absolute Gasteiger partial charge is 0.272 e. The second kappa shape index (κ2) is 4.19. The Kier molecular flexibility index (Phi) is 2.89. The van der Waals surface area contributed by atoms with Gasteiger partial charge < -0.3 is 9.47 Å². The first-order valence-corrected chi connectivity index (χ1v) is 5.11. The topological polar surface area (TPSA) is 61.6 Å². The average Bonchev–Trinajstić information content (AvgIpc) is 2.65. The molecule has 2 rings (SSSR count). The van der Waals surface area contributed by atoms with E-state index in [0.717, 1.165) is 0 Å². The molecule has 0 spiro atoms. The van der Waals surface area contributed by atoms with Gasteiger partial charge in [0.2, 0.25) is 0 Å². The van der Waals surface area contributed by atoms with Gasteiger partial charge in [-0.3, -0.25) is 10.1 Å². The predicted molar refractivity (Wildman–Crippen MR) is 57.1 cm³/mol. The van der Waals surface area contributed by atoms with Gasteiger partial charge in [0.15, 0.2) is 5.79 Å². The molecule has 0 unspecified atom stereocenters. The van der Waals surface area contributed by atoms with Crippen LogP contribution in [-0.2, 0) is 15.9 Å². The first-order valence-electron chi connectivity index (χ1n) is 5.11. The summed E-state index contributed by atoms with van der Waals surface area (Å²) < 4.78 is 10.9. The van der Waals surface area contributed by atoms with Gasteiger partial charge in [-0.15, -0.1) is 0 Å². The molecule has 1 aliphatic rings. The molecule has 5 nitrogen and oxygen atoms in total. The van der Waals surface area contributed by atoms with Crippen LogP contribution in [0.2, 0.25) is 0 Å². The number of para-hydroxylation sites is 1. The molecule has 1 aliphatic heterocycles. The summed E-state index contributed by atoms with van der Waals surface area (Å²) in [4.78, 5) is 10.4. The maximum absolute atomic E-state index is 10.8. The molecule has 16 heavy (non-hydrogen) atoms. The van der Waals surface area contributed by atoms with Crippen molar-refractivity contribution in [1.82, 2.24) is 0 Å². The Morgan fingerprint density at radius 3 is 2.62 bits per heavy atom. The summed E-state index contributed by atoms with van der Waals surface area (Å²) >= 11 is 0. The van der Waals surface area contributed by atoms with Crippen LogP contribution >= 0.6 is 0 Å². The van der Waals surface area contributed by atoms with Gasteiger partial charge in [0, 0.05) is 18.1 Å². The summed E-state index contributed by atoms with van der Waals surface area (Å²) in [6, 6.07) is 6.66. The van der Waals surface area contributed by atoms with Gasteiger partial charge in [0.25, 0.3) is 5.69 Å². The van der Waals surface area contributed by atoms with Crippen molar-refractivity contribution in [3.8, 4) is 0 Å². The Hall–Kier alpha value is -1.46. The van der Waals surface area contributed by atoms with Crippen molar-refractivity contribution < 1.29 is 14.4 Å². The molecule has 1 aromatic rings. The average molecular weight is 223 g/mol. The fourth-order valence-electron chi connectivity index (χ4n) is 1.84. The van der Waals surface area contributed by atoms with Crippen molar-refractivity contribution in [3.05, 3.63) is 39.9 Å². The zero-order valence-corrected chi connectivity index (χ0v) is 9.01. The van der Waals surface area contributed by atoms with Crippen molar-refractivity contribution in [1.29, 1.82) is 0 Å². The van der Waals surface area contributed by atoms with Gasteiger partial charge in [-0.2, -0.15) is 0 Å². The number of nitro benzene ring substituents is 1. The zero-order chi connectivity index (χ0) is 11.6. The SMILES string of the molecule is CC1(Cc2ccccc2[N+](=O)[O-])OCCO1. The summed E-state index contributed by atoms with van der Waals surface area (Å²) in [6.45, 7) is 2.88. The van der Waals surface area contributed by atoms with E-state index in [-0.39, 0.29) is 10.6 Å². The zero-order valence-electron chi connectivity index (χ0n) is 9.01. The van der Waals surface area contributed by atoms with Crippen molar-refractivity contribution >= 4 is 5.69 Å². The molecule has 0 bridgehead atoms. The number of nitro groups is 1. The number of benzene rings is 1. The van der Waals surface area contributed by atoms with Crippen LogP contribution < -0.4 is 0 Å². The first kappa shape index (κ1) is 11.0. The fourth-order valence-corrected chi connectivity index (χ4v) is 1.84. The largest absolute Gasteiger partial charge is 0.347 e. The minimum Gasteiger partial charge on any atom is -0.347 e. The molecular formula is C11H13NO4. The van der Waals surface area contributed by atoms with Crippen LogP contribution in [0.3, 0.4) is 0 Å². The minimum atomic E-state index is -0.730. The molecule has 0 radical (unpaired) electrons. The molecule has 1 aromatic carbocycles. The molecule has 86 valence electrons. The second-order valence-corrected chi connectivity index (χ2v) is 3.89. The maximum atomic E-state index is 10.8. The van der Waals surface area contributed by atoms with Crippen molar-refractivity contribution in [3.63, 3.8) is 0 Å². The van der Waals surface area contributed by atoms with Crippen molar-refractivity contribution in [2.24, 2.45) is 0 Å². The quantitative estimate of drug-likeness (QED) is 0.580. The van der Waals surface area contributed by atoms with E-state index in [9.17, 15) is 10.1 Å². The monoisotopic (exact) mass is 223 g/mol. The normalized spacial score (nSPS) is 18.6. The summed E-state index contributed by atoms with van der Waals surface area (Å²) in [7, 11) is 0. The minimum absolute atomic E-state index is 0.114. The molecule has 5 heteroatoms. The highest BCUT2D eigenvalue weighted by atomic mass is 16.7. The molecule has 0 aliphatic carbocycles. The highest BCUT2D eigenvalue weighted by Gasteiger charge is 2.33. The highest BCUT2D eigenvalue weighted by molar-refractivity contribution is 5.40. The van der Waals surface area contributed by atoms with Crippen LogP contribution in [0.1, 0.15) is 12.5 Å². The molecule has 0 aromatic heterocycles. The second-order valence-electron chi connectivity index (χ2n) is 3.89. The molecule has 0 atom stereocenters. The first-order chi connectivity index (χ1) is 7.61. The van der Waals surface area contributed by atoms with E-state index in [0.29, 0.717) is 25.2 Å². The Labute approximate surface area is 93.1 Å². The molecule has 1 heterocycles. The van der Waals surface area contributed by atoms with Crippen molar-refractivity contribution in [2.45, 2.75) is 19.1 Å². The lowest BCUT2D eigenvalue weighted by atomic mass is 10.0. The number of hydrogen-bond acceptors (Lipinski definition) is 4. The Bertz CT molecular complexity index is 399. The van der Waals surface area contributed by atoms with Gasteiger partial charge in [0.1, 0.15) is 0 Å². The predicted octanol–water partition coefficient (Wildman–Crippen LogP) is 1.90. The molecular weight excluding hydrogens is 210 g/mol. The lowest BCUT2D eigenvalue weighted by Crippen LogP contribution is -2.28. The molecule has 1 saturated heterocycles. The lowest BCUT2D eigenvalue weighted by molar-refractivity contribution is -0.385. The van der Waals surface area contributed by atoms with Crippen molar-refractivity contribution in [2.75, 3.05) is 13.2 Å². The van der Waals surface area contributed by atoms with E-state index < -0.39 is 5.79 Å². The third-order valence-electron chi connectivity index (χ3n) is 2.60. The van der Waals surface area contributed by atoms with Crippen LogP contribution in [0.25, 0.3) is 0 Å². The van der Waals surface area contributed by atoms with Gasteiger partial charge >= 0.3 is 0 Å². The van der Waals surface area contributed by atoms with Crippen LogP contribution in [0.5, 0.6) is 0 Å². The number of rotatable bonds is 3. The van der Waals surface area contributed by atoms with Crippen LogP contribution in [0.4, 0.5) is 5.69 Å². The van der Waals surface area contributed by atoms with E-state index in [2.05, 4.69) is 0 Å². The van der Waals surface area contributed by atoms with E-state index in [1.54, 1.807) is 25.1 Å². The van der Waals surface area contributed by atoms with Crippen LogP contribution in [0.15, 0.2) is 24.3 Å². The summed E-state index contributed by atoms with van der Waals surface area (Å²) in [5, 5.41) is 10.8. The Morgan fingerprint density at radius 2 is 2.00 bits per heavy atom. The Morgan fingerprint density at radius 1 is 1.38 bits per heavy atom. The number of ether oxygens (including phenoxy) is 2. The van der Waals surface area contributed by atoms with E-state index in [1.807, 2.05) is 0 Å². The van der Waals surface area contributed by atoms with Gasteiger partial charge in [0.05, 0.1) is 18.1 Å². The Balaban J connectivity index is 2.23. The van der Waals surface area contributed by atoms with E-state index in [4.69, 9.17) is 9.47 Å². The maximum Gasteiger partial charge on any atom is 0.272 e. The highest BCUT2D eigenvalue weighted by Crippen LogP contribution is 2.28. The van der Waals surface area contributed by atoms with Gasteiger partial charge in [-0.25, -0.2) is 0 Å². The standard InChI is InChI=1S/C11H13NO4/c1-11(15-6-7-16-11)8-9-4-2-3-5-10(9)12(13)14/h2-5H,6-8H2,1H3. The molecule has 0 N–H and O–H groups in total. The third-order valence-corrected chi connectivity index (χ3v) is 2.60. The summed E-state index contributed by atoms with van der Waals surface area (Å²) in [5.41, 5.74) is 0.750. The number of hydrogen-bond donors (Lipinski definition) is 0. The fraction of sp³-hybridized carbons (Fsp3) is 0.455. The molecule has 0 amide bonds. The molecule has 1 fully saturated rings. The third kappa shape index (κ3) is 2.20. The summed E-state index contributed by atoms with van der Waals surface area (Å²) in [5.74, 6) is -0.730. The lowest BCUT2D eigenvalue weighted by Gasteiger charge is -2.21. The molecule has 0 saturated carbocycles. The van der Waals surface area contributed by atoms with Crippen LogP contribution in [-0.4, -0.2) is 23.9 Å². The van der Waals surface area contributed by atoms with Gasteiger partial charge in [-0.05, 0) is 6.92 Å².